The summed E-state index contributed by atoms with van der Waals surface area (Å²) in [5.41, 5.74) is 3.05. The van der Waals surface area contributed by atoms with E-state index in [1.165, 1.54) is 4.90 Å². The molecule has 0 spiro atoms. The molecule has 6 nitrogen and oxygen atoms in total. The summed E-state index contributed by atoms with van der Waals surface area (Å²) in [6.07, 6.45) is 5.67. The first-order valence-corrected chi connectivity index (χ1v) is 11.2. The molecule has 0 saturated carbocycles. The second kappa shape index (κ2) is 13.6. The largest absolute Gasteiger partial charge is 0.334 e. The third-order valence-corrected chi connectivity index (χ3v) is 5.40. The molecule has 0 aliphatic carbocycles. The monoisotopic (exact) mass is 459 g/mol. The predicted molar refractivity (Wildman–Crippen MR) is 136 cm³/mol. The van der Waals surface area contributed by atoms with E-state index >= 15 is 0 Å². The van der Waals surface area contributed by atoms with Crippen LogP contribution in [0.3, 0.4) is 0 Å². The fourth-order valence-electron chi connectivity index (χ4n) is 3.53. The highest BCUT2D eigenvalue weighted by Crippen LogP contribution is 2.20. The Bertz CT molecular complexity index is 1000. The van der Waals surface area contributed by atoms with Gasteiger partial charge in [0.15, 0.2) is 0 Å². The SMILES string of the molecule is C=C/C=C(\C=C)C(C)N1C(=O)CCC1=O.CN(Cc1ccccc1)C(=O)NCc1ccccc1. The number of hydrogen-bond acceptors (Lipinski definition) is 3. The van der Waals surface area contributed by atoms with Crippen molar-refractivity contribution >= 4 is 17.8 Å². The Morgan fingerprint density at radius 2 is 1.53 bits per heavy atom. The Morgan fingerprint density at radius 3 is 2.03 bits per heavy atom. The van der Waals surface area contributed by atoms with Crippen molar-refractivity contribution in [3.8, 4) is 0 Å². The minimum absolute atomic E-state index is 0.0623. The van der Waals surface area contributed by atoms with Crippen LogP contribution >= 0.6 is 0 Å². The van der Waals surface area contributed by atoms with Gasteiger partial charge in [0.2, 0.25) is 11.8 Å². The number of nitrogens with one attached hydrogen (secondary N) is 1. The van der Waals surface area contributed by atoms with Crippen LogP contribution in [0, 0.1) is 0 Å². The van der Waals surface area contributed by atoms with Gasteiger partial charge in [-0.2, -0.15) is 0 Å². The van der Waals surface area contributed by atoms with Gasteiger partial charge in [-0.15, -0.1) is 0 Å². The molecule has 4 amide bonds. The topological polar surface area (TPSA) is 69.7 Å². The number of allylic oxidation sites excluding steroid dienone is 2. The lowest BCUT2D eigenvalue weighted by Gasteiger charge is -2.23. The summed E-state index contributed by atoms with van der Waals surface area (Å²) in [6.45, 7) is 10.2. The number of imide groups is 1. The lowest BCUT2D eigenvalue weighted by atomic mass is 10.1. The van der Waals surface area contributed by atoms with Crippen LogP contribution in [-0.2, 0) is 22.7 Å². The molecule has 34 heavy (non-hydrogen) atoms. The van der Waals surface area contributed by atoms with Crippen molar-refractivity contribution < 1.29 is 14.4 Å². The maximum atomic E-state index is 11.9. The van der Waals surface area contributed by atoms with Crippen molar-refractivity contribution in [2.75, 3.05) is 7.05 Å². The highest BCUT2D eigenvalue weighted by atomic mass is 16.2. The van der Waals surface area contributed by atoms with E-state index in [4.69, 9.17) is 0 Å². The van der Waals surface area contributed by atoms with Gasteiger partial charge in [-0.25, -0.2) is 4.79 Å². The van der Waals surface area contributed by atoms with Crippen molar-refractivity contribution in [2.45, 2.75) is 38.9 Å². The summed E-state index contributed by atoms with van der Waals surface area (Å²) in [6, 6.07) is 19.5. The molecular formula is C28H33N3O3. The summed E-state index contributed by atoms with van der Waals surface area (Å²) >= 11 is 0. The molecule has 0 aromatic heterocycles. The number of benzene rings is 2. The first-order chi connectivity index (χ1) is 16.4. The van der Waals surface area contributed by atoms with Gasteiger partial charge in [-0.05, 0) is 23.6 Å². The second-order valence-corrected chi connectivity index (χ2v) is 7.93. The van der Waals surface area contributed by atoms with Crippen LogP contribution < -0.4 is 5.32 Å². The first kappa shape index (κ1) is 26.3. The van der Waals surface area contributed by atoms with Crippen molar-refractivity contribution in [2.24, 2.45) is 0 Å². The Labute approximate surface area is 202 Å². The predicted octanol–water partition coefficient (Wildman–Crippen LogP) is 4.85. The summed E-state index contributed by atoms with van der Waals surface area (Å²) in [5, 5.41) is 2.91. The Hall–Kier alpha value is -3.93. The van der Waals surface area contributed by atoms with Gasteiger partial charge in [0.25, 0.3) is 0 Å². The van der Waals surface area contributed by atoms with Crippen LogP contribution in [-0.4, -0.2) is 40.7 Å². The molecule has 1 fully saturated rings. The van der Waals surface area contributed by atoms with E-state index in [1.807, 2.05) is 67.6 Å². The fourth-order valence-corrected chi connectivity index (χ4v) is 3.53. The normalized spacial score (nSPS) is 14.1. The molecule has 1 N–H and O–H groups in total. The van der Waals surface area contributed by atoms with E-state index in [-0.39, 0.29) is 23.9 Å². The maximum absolute atomic E-state index is 11.9. The van der Waals surface area contributed by atoms with E-state index in [0.29, 0.717) is 25.9 Å². The standard InChI is InChI=1S/C16H18N2O.C12H15NO2/c1-18(13-15-10-6-3-7-11-15)16(19)17-12-14-8-4-2-5-9-14;1-4-6-10(5-2)9(3)13-11(14)7-8-12(13)15/h2-11H,12-13H2,1H3,(H,17,19);4-6,9H,1-2,7-8H2,3H3/b;10-6+. The van der Waals surface area contributed by atoms with E-state index in [0.717, 1.165) is 16.7 Å². The molecule has 1 atom stereocenters. The number of nitrogens with zero attached hydrogens (tertiary/aromatic N) is 2. The zero-order chi connectivity index (χ0) is 24.9. The second-order valence-electron chi connectivity index (χ2n) is 7.93. The van der Waals surface area contributed by atoms with E-state index in [1.54, 1.807) is 30.2 Å². The van der Waals surface area contributed by atoms with Gasteiger partial charge >= 0.3 is 6.03 Å². The average Bonchev–Trinajstić information content (AvgIpc) is 3.19. The van der Waals surface area contributed by atoms with Gasteiger partial charge in [0.1, 0.15) is 0 Å². The molecule has 0 radical (unpaired) electrons. The number of amides is 4. The number of urea groups is 1. The smallest absolute Gasteiger partial charge is 0.317 e. The molecule has 1 aliphatic rings. The number of carbonyl (C=O) groups is 3. The Balaban J connectivity index is 0.000000248. The molecule has 1 unspecified atom stereocenters. The van der Waals surface area contributed by atoms with Gasteiger partial charge < -0.3 is 10.2 Å². The zero-order valence-corrected chi connectivity index (χ0v) is 19.9. The van der Waals surface area contributed by atoms with Crippen LogP contribution in [0.1, 0.15) is 30.9 Å². The van der Waals surface area contributed by atoms with Crippen LogP contribution in [0.2, 0.25) is 0 Å². The van der Waals surface area contributed by atoms with Gasteiger partial charge in [0, 0.05) is 33.0 Å². The lowest BCUT2D eigenvalue weighted by Crippen LogP contribution is -2.38. The average molecular weight is 460 g/mol. The Kier molecular flexibility index (Phi) is 10.5. The molecule has 1 saturated heterocycles. The summed E-state index contributed by atoms with van der Waals surface area (Å²) in [5.74, 6) is -0.214. The molecule has 2 aromatic rings. The first-order valence-electron chi connectivity index (χ1n) is 11.2. The van der Waals surface area contributed by atoms with E-state index in [9.17, 15) is 14.4 Å². The number of hydrogen-bond donors (Lipinski definition) is 1. The van der Waals surface area contributed by atoms with Crippen molar-refractivity contribution in [1.82, 2.24) is 15.1 Å². The van der Waals surface area contributed by atoms with Crippen LogP contribution in [0.25, 0.3) is 0 Å². The fraction of sp³-hybridized carbons (Fsp3) is 0.250. The van der Waals surface area contributed by atoms with Gasteiger partial charge in [-0.3, -0.25) is 14.5 Å². The molecule has 0 bridgehead atoms. The third kappa shape index (κ3) is 7.89. The summed E-state index contributed by atoms with van der Waals surface area (Å²) < 4.78 is 0. The van der Waals surface area contributed by atoms with Crippen LogP contribution in [0.15, 0.2) is 97.6 Å². The highest BCUT2D eigenvalue weighted by molar-refractivity contribution is 6.02. The Morgan fingerprint density at radius 1 is 1.00 bits per heavy atom. The quantitative estimate of drug-likeness (QED) is 0.453. The molecule has 178 valence electrons. The summed E-state index contributed by atoms with van der Waals surface area (Å²) in [7, 11) is 1.80. The number of likely N-dealkylation sites (tertiary alicyclic amines) is 1. The van der Waals surface area contributed by atoms with Gasteiger partial charge in [-0.1, -0.05) is 92.0 Å². The van der Waals surface area contributed by atoms with Gasteiger partial charge in [0.05, 0.1) is 6.04 Å². The lowest BCUT2D eigenvalue weighted by molar-refractivity contribution is -0.139. The molecule has 1 heterocycles. The van der Waals surface area contributed by atoms with Crippen LogP contribution in [0.5, 0.6) is 0 Å². The minimum atomic E-state index is -0.247. The highest BCUT2D eigenvalue weighted by Gasteiger charge is 2.33. The van der Waals surface area contributed by atoms with Crippen molar-refractivity contribution in [3.63, 3.8) is 0 Å². The molecule has 1 aliphatic heterocycles. The molecule has 3 rings (SSSR count). The number of carbonyl (C=O) groups excluding carboxylic acids is 3. The maximum Gasteiger partial charge on any atom is 0.317 e. The molecular weight excluding hydrogens is 426 g/mol. The van der Waals surface area contributed by atoms with E-state index in [2.05, 4.69) is 18.5 Å². The molecule has 6 heteroatoms. The van der Waals surface area contributed by atoms with Crippen molar-refractivity contribution in [3.05, 3.63) is 109 Å². The molecule has 2 aromatic carbocycles. The third-order valence-electron chi connectivity index (χ3n) is 5.40. The van der Waals surface area contributed by atoms with E-state index < -0.39 is 0 Å². The number of rotatable bonds is 8. The van der Waals surface area contributed by atoms with Crippen molar-refractivity contribution in [1.29, 1.82) is 0 Å². The summed E-state index contributed by atoms with van der Waals surface area (Å²) in [4.78, 5) is 37.9. The zero-order valence-electron chi connectivity index (χ0n) is 19.9. The van der Waals surface area contributed by atoms with Crippen LogP contribution in [0.4, 0.5) is 4.79 Å². The minimum Gasteiger partial charge on any atom is -0.334 e.